The first kappa shape index (κ1) is 12.9. The van der Waals surface area contributed by atoms with Gasteiger partial charge in [-0.2, -0.15) is 0 Å². The average molecular weight is 258 g/mol. The summed E-state index contributed by atoms with van der Waals surface area (Å²) in [5, 5.41) is 14.1. The number of nitrogens with one attached hydrogen (secondary N) is 1. The lowest BCUT2D eigenvalue weighted by atomic mass is 10.1. The van der Waals surface area contributed by atoms with Gasteiger partial charge >= 0.3 is 0 Å². The molecule has 1 aromatic carbocycles. The van der Waals surface area contributed by atoms with E-state index in [1.54, 1.807) is 31.6 Å². The summed E-state index contributed by atoms with van der Waals surface area (Å²) in [5.41, 5.74) is 2.24. The molecular formula is C13H14N4O2. The Kier molecular flexibility index (Phi) is 3.70. The molecule has 1 atom stereocenters. The Bertz CT molecular complexity index is 586. The van der Waals surface area contributed by atoms with Crippen molar-refractivity contribution in [2.45, 2.75) is 19.9 Å². The van der Waals surface area contributed by atoms with Crippen LogP contribution in [0.4, 0.5) is 11.4 Å². The molecule has 0 saturated carbocycles. The Morgan fingerprint density at radius 3 is 2.79 bits per heavy atom. The molecule has 0 saturated heterocycles. The van der Waals surface area contributed by atoms with Crippen molar-refractivity contribution in [3.8, 4) is 0 Å². The van der Waals surface area contributed by atoms with Gasteiger partial charge in [-0.3, -0.25) is 20.1 Å². The quantitative estimate of drug-likeness (QED) is 0.673. The van der Waals surface area contributed by atoms with E-state index in [2.05, 4.69) is 15.3 Å². The van der Waals surface area contributed by atoms with E-state index in [0.717, 1.165) is 11.4 Å². The molecule has 0 fully saturated rings. The highest BCUT2D eigenvalue weighted by Crippen LogP contribution is 2.27. The highest BCUT2D eigenvalue weighted by molar-refractivity contribution is 5.60. The Labute approximate surface area is 110 Å². The van der Waals surface area contributed by atoms with E-state index < -0.39 is 0 Å². The number of nitro groups is 1. The molecule has 1 N–H and O–H groups in total. The van der Waals surface area contributed by atoms with Gasteiger partial charge in [0.05, 0.1) is 22.9 Å². The van der Waals surface area contributed by atoms with Crippen molar-refractivity contribution in [2.24, 2.45) is 0 Å². The van der Waals surface area contributed by atoms with Gasteiger partial charge < -0.3 is 5.32 Å². The SMILES string of the molecule is Cc1c(NC(C)c2cnccn2)cccc1[N+](=O)[O-]. The van der Waals surface area contributed by atoms with Crippen LogP contribution in [0.2, 0.25) is 0 Å². The van der Waals surface area contributed by atoms with Gasteiger partial charge in [-0.15, -0.1) is 0 Å². The molecule has 19 heavy (non-hydrogen) atoms. The fourth-order valence-corrected chi connectivity index (χ4v) is 1.82. The summed E-state index contributed by atoms with van der Waals surface area (Å²) < 4.78 is 0. The van der Waals surface area contributed by atoms with E-state index in [-0.39, 0.29) is 16.7 Å². The third kappa shape index (κ3) is 2.85. The van der Waals surface area contributed by atoms with Crippen LogP contribution in [0.3, 0.4) is 0 Å². The van der Waals surface area contributed by atoms with Gasteiger partial charge in [0.2, 0.25) is 0 Å². The van der Waals surface area contributed by atoms with Gasteiger partial charge in [0.25, 0.3) is 5.69 Å². The number of nitrogens with zero attached hydrogens (tertiary/aromatic N) is 3. The molecule has 98 valence electrons. The fraction of sp³-hybridized carbons (Fsp3) is 0.231. The summed E-state index contributed by atoms with van der Waals surface area (Å²) in [6.45, 7) is 3.66. The molecule has 0 spiro atoms. The first-order chi connectivity index (χ1) is 9.09. The van der Waals surface area contributed by atoms with E-state index in [1.165, 1.54) is 6.07 Å². The Balaban J connectivity index is 2.25. The molecule has 0 bridgehead atoms. The van der Waals surface area contributed by atoms with Crippen molar-refractivity contribution in [1.82, 2.24) is 9.97 Å². The molecule has 2 aromatic rings. The summed E-state index contributed by atoms with van der Waals surface area (Å²) in [5.74, 6) is 0. The maximum absolute atomic E-state index is 10.9. The summed E-state index contributed by atoms with van der Waals surface area (Å²) in [4.78, 5) is 18.7. The standard InChI is InChI=1S/C13H14N4O2/c1-9-11(4-3-5-13(9)17(18)19)16-10(2)12-8-14-6-7-15-12/h3-8,10,16H,1-2H3. The van der Waals surface area contributed by atoms with Crippen molar-refractivity contribution in [3.63, 3.8) is 0 Å². The van der Waals surface area contributed by atoms with Crippen molar-refractivity contribution in [1.29, 1.82) is 0 Å². The number of hydrogen-bond acceptors (Lipinski definition) is 5. The predicted molar refractivity (Wildman–Crippen MR) is 71.9 cm³/mol. The van der Waals surface area contributed by atoms with Crippen LogP contribution in [0.5, 0.6) is 0 Å². The highest BCUT2D eigenvalue weighted by atomic mass is 16.6. The molecule has 2 rings (SSSR count). The lowest BCUT2D eigenvalue weighted by Gasteiger charge is -2.16. The van der Waals surface area contributed by atoms with Crippen molar-refractivity contribution in [3.05, 3.63) is 58.2 Å². The third-order valence-electron chi connectivity index (χ3n) is 2.90. The zero-order valence-corrected chi connectivity index (χ0v) is 10.7. The molecule has 0 aliphatic carbocycles. The van der Waals surface area contributed by atoms with Crippen LogP contribution in [0, 0.1) is 17.0 Å². The van der Waals surface area contributed by atoms with Gasteiger partial charge in [0, 0.05) is 29.7 Å². The van der Waals surface area contributed by atoms with E-state index in [1.807, 2.05) is 13.0 Å². The van der Waals surface area contributed by atoms with Gasteiger partial charge in [0.15, 0.2) is 0 Å². The van der Waals surface area contributed by atoms with Crippen LogP contribution < -0.4 is 5.32 Å². The first-order valence-corrected chi connectivity index (χ1v) is 5.86. The molecule has 0 amide bonds. The number of aromatic nitrogens is 2. The largest absolute Gasteiger partial charge is 0.376 e. The molecular weight excluding hydrogens is 244 g/mol. The lowest BCUT2D eigenvalue weighted by Crippen LogP contribution is -2.10. The van der Waals surface area contributed by atoms with Crippen molar-refractivity contribution in [2.75, 3.05) is 5.32 Å². The number of anilines is 1. The molecule has 0 aliphatic rings. The molecule has 1 aromatic heterocycles. The summed E-state index contributed by atoms with van der Waals surface area (Å²) in [6.07, 6.45) is 4.90. The second kappa shape index (κ2) is 5.43. The number of hydrogen-bond donors (Lipinski definition) is 1. The lowest BCUT2D eigenvalue weighted by molar-refractivity contribution is -0.385. The molecule has 0 radical (unpaired) electrons. The van der Waals surface area contributed by atoms with E-state index >= 15 is 0 Å². The van der Waals surface area contributed by atoms with Gasteiger partial charge in [-0.25, -0.2) is 0 Å². The van der Waals surface area contributed by atoms with E-state index in [0.29, 0.717) is 5.56 Å². The number of rotatable bonds is 4. The zero-order chi connectivity index (χ0) is 13.8. The minimum atomic E-state index is -0.381. The minimum absolute atomic E-state index is 0.0746. The smallest absolute Gasteiger partial charge is 0.274 e. The molecule has 6 heteroatoms. The zero-order valence-electron chi connectivity index (χ0n) is 10.7. The van der Waals surface area contributed by atoms with Crippen LogP contribution in [-0.4, -0.2) is 14.9 Å². The summed E-state index contributed by atoms with van der Waals surface area (Å²) in [6, 6.07) is 4.90. The maximum Gasteiger partial charge on any atom is 0.274 e. The van der Waals surface area contributed by atoms with E-state index in [4.69, 9.17) is 0 Å². The molecule has 1 unspecified atom stereocenters. The maximum atomic E-state index is 10.9. The van der Waals surface area contributed by atoms with Crippen molar-refractivity contribution < 1.29 is 4.92 Å². The second-order valence-corrected chi connectivity index (χ2v) is 4.20. The molecule has 0 aliphatic heterocycles. The number of benzene rings is 1. The summed E-state index contributed by atoms with van der Waals surface area (Å²) in [7, 11) is 0. The van der Waals surface area contributed by atoms with Gasteiger partial charge in [-0.05, 0) is 19.9 Å². The first-order valence-electron chi connectivity index (χ1n) is 5.86. The van der Waals surface area contributed by atoms with Crippen LogP contribution in [0.1, 0.15) is 24.2 Å². The molecule has 1 heterocycles. The van der Waals surface area contributed by atoms with Crippen molar-refractivity contribution >= 4 is 11.4 Å². The minimum Gasteiger partial charge on any atom is -0.376 e. The Morgan fingerprint density at radius 2 is 2.16 bits per heavy atom. The average Bonchev–Trinajstić information content (AvgIpc) is 2.41. The fourth-order valence-electron chi connectivity index (χ4n) is 1.82. The monoisotopic (exact) mass is 258 g/mol. The predicted octanol–water partition coefficient (Wildman–Crippen LogP) is 2.87. The van der Waals surface area contributed by atoms with E-state index in [9.17, 15) is 10.1 Å². The molecule has 6 nitrogen and oxygen atoms in total. The summed E-state index contributed by atoms with van der Waals surface area (Å²) >= 11 is 0. The topological polar surface area (TPSA) is 81.0 Å². The normalized spacial score (nSPS) is 11.9. The number of nitro benzene ring substituents is 1. The van der Waals surface area contributed by atoms with Gasteiger partial charge in [0.1, 0.15) is 0 Å². The van der Waals surface area contributed by atoms with Crippen LogP contribution in [0.25, 0.3) is 0 Å². The van der Waals surface area contributed by atoms with Crippen LogP contribution >= 0.6 is 0 Å². The third-order valence-corrected chi connectivity index (χ3v) is 2.90. The van der Waals surface area contributed by atoms with Crippen LogP contribution in [0.15, 0.2) is 36.8 Å². The Morgan fingerprint density at radius 1 is 1.37 bits per heavy atom. The second-order valence-electron chi connectivity index (χ2n) is 4.20. The highest BCUT2D eigenvalue weighted by Gasteiger charge is 2.15. The van der Waals surface area contributed by atoms with Crippen LogP contribution in [-0.2, 0) is 0 Å². The van der Waals surface area contributed by atoms with Gasteiger partial charge in [-0.1, -0.05) is 6.07 Å². The Hall–Kier alpha value is -2.50.